The van der Waals surface area contributed by atoms with E-state index in [2.05, 4.69) is 15.1 Å². The fourth-order valence-electron chi connectivity index (χ4n) is 3.34. The van der Waals surface area contributed by atoms with E-state index in [4.69, 9.17) is 4.52 Å². The third-order valence-corrected chi connectivity index (χ3v) is 6.94. The molecule has 5 rings (SSSR count). The molecule has 6 nitrogen and oxygen atoms in total. The molecular weight excluding hydrogens is 461 g/mol. The molecule has 32 heavy (non-hydrogen) atoms. The molecule has 0 radical (unpaired) electrons. The lowest BCUT2D eigenvalue weighted by Crippen LogP contribution is -2.21. The van der Waals surface area contributed by atoms with Crippen LogP contribution in [0.1, 0.15) is 16.7 Å². The van der Waals surface area contributed by atoms with Crippen LogP contribution in [0.15, 0.2) is 57.4 Å². The Hall–Kier alpha value is -3.31. The molecule has 0 fully saturated rings. The molecule has 0 spiro atoms. The van der Waals surface area contributed by atoms with Gasteiger partial charge in [0.1, 0.15) is 4.83 Å². The highest BCUT2D eigenvalue weighted by Gasteiger charge is 2.30. The zero-order valence-corrected chi connectivity index (χ0v) is 18.0. The molecule has 0 amide bonds. The van der Waals surface area contributed by atoms with Crippen LogP contribution in [-0.2, 0) is 12.7 Å². The van der Waals surface area contributed by atoms with Gasteiger partial charge in [-0.3, -0.25) is 9.36 Å². The quantitative estimate of drug-likeness (QED) is 0.338. The fraction of sp³-hybridized carbons (Fsp3) is 0.143. The van der Waals surface area contributed by atoms with Gasteiger partial charge in [-0.15, -0.1) is 22.7 Å². The standard InChI is InChI=1S/C21H13F3N4O2S2/c1-11-15-19(32-16(11)18-26-17(27-30-18)14-6-3-7-31-14)25-10-28(20(15)29)9-12-4-2-5-13(8-12)21(22,23)24/h2-8,10H,9H2,1H3. The number of halogens is 3. The van der Waals surface area contributed by atoms with Crippen LogP contribution < -0.4 is 5.56 Å². The summed E-state index contributed by atoms with van der Waals surface area (Å²) in [6, 6.07) is 8.67. The molecule has 0 aliphatic rings. The first kappa shape index (κ1) is 20.6. The van der Waals surface area contributed by atoms with E-state index >= 15 is 0 Å². The Morgan fingerprint density at radius 1 is 1.19 bits per heavy atom. The summed E-state index contributed by atoms with van der Waals surface area (Å²) in [6.07, 6.45) is -3.11. The minimum absolute atomic E-state index is 0.0284. The van der Waals surface area contributed by atoms with Gasteiger partial charge in [-0.25, -0.2) is 4.98 Å². The van der Waals surface area contributed by atoms with Crippen molar-refractivity contribution >= 4 is 32.9 Å². The highest BCUT2D eigenvalue weighted by atomic mass is 32.1. The largest absolute Gasteiger partial charge is 0.416 e. The van der Waals surface area contributed by atoms with Crippen molar-refractivity contribution in [3.8, 4) is 21.5 Å². The second-order valence-electron chi connectivity index (χ2n) is 7.01. The van der Waals surface area contributed by atoms with Crippen LogP contribution >= 0.6 is 22.7 Å². The van der Waals surface area contributed by atoms with E-state index < -0.39 is 11.7 Å². The van der Waals surface area contributed by atoms with Crippen LogP contribution in [0.5, 0.6) is 0 Å². The van der Waals surface area contributed by atoms with Crippen LogP contribution in [-0.4, -0.2) is 19.7 Å². The van der Waals surface area contributed by atoms with Crippen molar-refractivity contribution < 1.29 is 17.7 Å². The van der Waals surface area contributed by atoms with Gasteiger partial charge in [-0.05, 0) is 41.6 Å². The molecule has 0 aliphatic carbocycles. The van der Waals surface area contributed by atoms with Crippen molar-refractivity contribution in [2.45, 2.75) is 19.6 Å². The number of hydrogen-bond acceptors (Lipinski definition) is 7. The summed E-state index contributed by atoms with van der Waals surface area (Å²) in [5.41, 5.74) is -0.106. The van der Waals surface area contributed by atoms with E-state index in [0.717, 1.165) is 17.0 Å². The van der Waals surface area contributed by atoms with Crippen LogP contribution in [0.4, 0.5) is 13.2 Å². The second kappa shape index (κ2) is 7.68. The summed E-state index contributed by atoms with van der Waals surface area (Å²) in [7, 11) is 0. The number of alkyl halides is 3. The van der Waals surface area contributed by atoms with Crippen molar-refractivity contribution in [2.24, 2.45) is 0 Å². The number of nitrogens with zero attached hydrogens (tertiary/aromatic N) is 4. The third-order valence-electron chi connectivity index (χ3n) is 4.89. The van der Waals surface area contributed by atoms with E-state index in [9.17, 15) is 18.0 Å². The predicted octanol–water partition coefficient (Wildman–Crippen LogP) is 5.61. The van der Waals surface area contributed by atoms with Crippen LogP contribution in [0.2, 0.25) is 0 Å². The van der Waals surface area contributed by atoms with Gasteiger partial charge in [0.2, 0.25) is 5.82 Å². The molecule has 0 bridgehead atoms. The van der Waals surface area contributed by atoms with Gasteiger partial charge in [-0.1, -0.05) is 23.4 Å². The molecule has 11 heteroatoms. The molecule has 0 unspecified atom stereocenters. The first-order valence-corrected chi connectivity index (χ1v) is 11.0. The maximum absolute atomic E-state index is 13.1. The number of aryl methyl sites for hydroxylation is 1. The molecule has 0 aliphatic heterocycles. The average Bonchev–Trinajstić information content (AvgIpc) is 3.49. The van der Waals surface area contributed by atoms with Crippen LogP contribution in [0.3, 0.4) is 0 Å². The molecule has 0 N–H and O–H groups in total. The van der Waals surface area contributed by atoms with Gasteiger partial charge in [0.25, 0.3) is 11.4 Å². The van der Waals surface area contributed by atoms with E-state index in [1.54, 1.807) is 13.0 Å². The predicted molar refractivity (Wildman–Crippen MR) is 116 cm³/mol. The number of aromatic nitrogens is 4. The summed E-state index contributed by atoms with van der Waals surface area (Å²) in [5.74, 6) is 0.750. The third kappa shape index (κ3) is 3.63. The molecule has 0 atom stereocenters. The summed E-state index contributed by atoms with van der Waals surface area (Å²) in [5, 5.41) is 6.30. The van der Waals surface area contributed by atoms with Crippen molar-refractivity contribution in [2.75, 3.05) is 0 Å². The van der Waals surface area contributed by atoms with E-state index in [1.807, 2.05) is 17.5 Å². The maximum atomic E-state index is 13.1. The Bertz CT molecular complexity index is 1480. The molecule has 0 saturated heterocycles. The molecule has 5 aromatic rings. The SMILES string of the molecule is Cc1c(-c2nc(-c3cccs3)no2)sc2ncn(Cc3cccc(C(F)(F)F)c3)c(=O)c12. The van der Waals surface area contributed by atoms with Gasteiger partial charge in [0, 0.05) is 0 Å². The van der Waals surface area contributed by atoms with Gasteiger partial charge in [-0.2, -0.15) is 18.2 Å². The Morgan fingerprint density at radius 2 is 2.03 bits per heavy atom. The number of hydrogen-bond donors (Lipinski definition) is 0. The van der Waals surface area contributed by atoms with Crippen LogP contribution in [0, 0.1) is 6.92 Å². The second-order valence-corrected chi connectivity index (χ2v) is 8.96. The Morgan fingerprint density at radius 3 is 2.78 bits per heavy atom. The number of benzene rings is 1. The zero-order chi connectivity index (χ0) is 22.5. The first-order chi connectivity index (χ1) is 15.3. The number of thiophene rings is 2. The molecule has 162 valence electrons. The zero-order valence-electron chi connectivity index (χ0n) is 16.4. The van der Waals surface area contributed by atoms with E-state index in [-0.39, 0.29) is 18.0 Å². The highest BCUT2D eigenvalue weighted by Crippen LogP contribution is 2.36. The van der Waals surface area contributed by atoms with Gasteiger partial charge >= 0.3 is 6.18 Å². The monoisotopic (exact) mass is 474 g/mol. The van der Waals surface area contributed by atoms with Gasteiger partial charge in [0.05, 0.1) is 33.6 Å². The van der Waals surface area contributed by atoms with Crippen LogP contribution in [0.25, 0.3) is 31.7 Å². The Kier molecular flexibility index (Phi) is 4.94. The fourth-order valence-corrected chi connectivity index (χ4v) is 5.05. The summed E-state index contributed by atoms with van der Waals surface area (Å²) < 4.78 is 45.7. The number of rotatable bonds is 4. The molecular formula is C21H13F3N4O2S2. The topological polar surface area (TPSA) is 73.8 Å². The average molecular weight is 474 g/mol. The molecule has 4 aromatic heterocycles. The van der Waals surface area contributed by atoms with E-state index in [0.29, 0.717) is 32.0 Å². The van der Waals surface area contributed by atoms with E-state index in [1.165, 1.54) is 39.6 Å². The van der Waals surface area contributed by atoms with Crippen molar-refractivity contribution in [3.05, 3.63) is 75.1 Å². The normalized spacial score (nSPS) is 12.0. The molecule has 1 aromatic carbocycles. The van der Waals surface area contributed by atoms with Crippen molar-refractivity contribution in [1.82, 2.24) is 19.7 Å². The molecule has 4 heterocycles. The summed E-state index contributed by atoms with van der Waals surface area (Å²) in [6.45, 7) is 1.74. The Labute approximate surface area is 186 Å². The van der Waals surface area contributed by atoms with Gasteiger partial charge < -0.3 is 4.52 Å². The highest BCUT2D eigenvalue weighted by molar-refractivity contribution is 7.22. The van der Waals surface area contributed by atoms with Crippen molar-refractivity contribution in [3.63, 3.8) is 0 Å². The number of fused-ring (bicyclic) bond motifs is 1. The van der Waals surface area contributed by atoms with Gasteiger partial charge in [0.15, 0.2) is 0 Å². The Balaban J connectivity index is 1.53. The van der Waals surface area contributed by atoms with Crippen molar-refractivity contribution in [1.29, 1.82) is 0 Å². The lowest BCUT2D eigenvalue weighted by Gasteiger charge is -2.10. The maximum Gasteiger partial charge on any atom is 0.416 e. The smallest absolute Gasteiger partial charge is 0.333 e. The first-order valence-electron chi connectivity index (χ1n) is 9.34. The minimum Gasteiger partial charge on any atom is -0.333 e. The lowest BCUT2D eigenvalue weighted by atomic mass is 10.1. The minimum atomic E-state index is -4.45. The lowest BCUT2D eigenvalue weighted by molar-refractivity contribution is -0.137. The summed E-state index contributed by atoms with van der Waals surface area (Å²) >= 11 is 2.74. The summed E-state index contributed by atoms with van der Waals surface area (Å²) in [4.78, 5) is 23.9. The molecule has 0 saturated carbocycles.